The molecule has 0 aromatic rings. The molecule has 0 aromatic carbocycles. The van der Waals surface area contributed by atoms with Crippen LogP contribution in [0.5, 0.6) is 0 Å². The van der Waals surface area contributed by atoms with Crippen molar-refractivity contribution in [2.24, 2.45) is 10.8 Å². The Morgan fingerprint density at radius 3 is 1.57 bits per heavy atom. The van der Waals surface area contributed by atoms with E-state index in [1.165, 1.54) is 0 Å². The summed E-state index contributed by atoms with van der Waals surface area (Å²) in [7, 11) is 0. The molecule has 2 heteroatoms. The fourth-order valence-electron chi connectivity index (χ4n) is 2.29. The summed E-state index contributed by atoms with van der Waals surface area (Å²) < 4.78 is 0. The molecule has 0 saturated heterocycles. The summed E-state index contributed by atoms with van der Waals surface area (Å²) in [4.78, 5) is 0. The summed E-state index contributed by atoms with van der Waals surface area (Å²) in [5.41, 5.74) is -0.770. The highest BCUT2D eigenvalue weighted by molar-refractivity contribution is 4.85. The van der Waals surface area contributed by atoms with E-state index in [-0.39, 0.29) is 17.4 Å². The highest BCUT2D eigenvalue weighted by Gasteiger charge is 2.33. The molecule has 1 unspecified atom stereocenters. The van der Waals surface area contributed by atoms with Crippen LogP contribution in [0.15, 0.2) is 0 Å². The normalized spacial score (nSPS) is 18.0. The third-order valence-corrected chi connectivity index (χ3v) is 2.20. The molecule has 14 heavy (non-hydrogen) atoms. The number of aliphatic hydroxyl groups excluding tert-OH is 1. The van der Waals surface area contributed by atoms with E-state index in [2.05, 4.69) is 20.8 Å². The zero-order valence-corrected chi connectivity index (χ0v) is 10.5. The lowest BCUT2D eigenvalue weighted by atomic mass is 9.74. The Bertz CT molecular complexity index is 175. The van der Waals surface area contributed by atoms with Crippen molar-refractivity contribution in [3.63, 3.8) is 0 Å². The van der Waals surface area contributed by atoms with E-state index in [1.807, 2.05) is 20.8 Å². The van der Waals surface area contributed by atoms with Crippen LogP contribution >= 0.6 is 0 Å². The van der Waals surface area contributed by atoms with Crippen LogP contribution in [0.2, 0.25) is 0 Å². The Hall–Kier alpha value is -0.0800. The molecule has 0 rings (SSSR count). The van der Waals surface area contributed by atoms with Crippen LogP contribution in [-0.4, -0.2) is 22.4 Å². The lowest BCUT2D eigenvalue weighted by Crippen LogP contribution is -2.36. The lowest BCUT2D eigenvalue weighted by molar-refractivity contribution is -0.0302. The largest absolute Gasteiger partial charge is 0.396 e. The summed E-state index contributed by atoms with van der Waals surface area (Å²) in [5, 5.41) is 19.4. The molecule has 0 amide bonds. The van der Waals surface area contributed by atoms with Crippen LogP contribution < -0.4 is 0 Å². The molecule has 0 aliphatic carbocycles. The molecular weight excluding hydrogens is 176 g/mol. The van der Waals surface area contributed by atoms with Gasteiger partial charge < -0.3 is 10.2 Å². The van der Waals surface area contributed by atoms with Gasteiger partial charge in [-0.1, -0.05) is 34.6 Å². The highest BCUT2D eigenvalue weighted by Crippen LogP contribution is 2.35. The van der Waals surface area contributed by atoms with Crippen LogP contribution in [0.25, 0.3) is 0 Å². The topological polar surface area (TPSA) is 40.5 Å². The van der Waals surface area contributed by atoms with Crippen LogP contribution in [-0.2, 0) is 0 Å². The van der Waals surface area contributed by atoms with E-state index < -0.39 is 5.60 Å². The van der Waals surface area contributed by atoms with Gasteiger partial charge in [0.1, 0.15) is 0 Å². The van der Waals surface area contributed by atoms with Crippen LogP contribution in [0.1, 0.15) is 54.4 Å². The minimum absolute atomic E-state index is 0.118. The molecule has 86 valence electrons. The van der Waals surface area contributed by atoms with E-state index in [0.717, 1.165) is 6.42 Å². The van der Waals surface area contributed by atoms with Crippen molar-refractivity contribution >= 4 is 0 Å². The average molecular weight is 202 g/mol. The van der Waals surface area contributed by atoms with Crippen LogP contribution in [0.3, 0.4) is 0 Å². The van der Waals surface area contributed by atoms with Gasteiger partial charge >= 0.3 is 0 Å². The molecule has 0 aromatic heterocycles. The van der Waals surface area contributed by atoms with Crippen molar-refractivity contribution in [3.05, 3.63) is 0 Å². The van der Waals surface area contributed by atoms with Gasteiger partial charge in [0.15, 0.2) is 0 Å². The highest BCUT2D eigenvalue weighted by atomic mass is 16.3. The smallest absolute Gasteiger partial charge is 0.0630 e. The molecule has 1 atom stereocenters. The molecule has 0 spiro atoms. The zero-order valence-electron chi connectivity index (χ0n) is 10.5. The van der Waals surface area contributed by atoms with Gasteiger partial charge in [-0.05, 0) is 30.6 Å². The van der Waals surface area contributed by atoms with Gasteiger partial charge in [-0.3, -0.25) is 0 Å². The minimum Gasteiger partial charge on any atom is -0.396 e. The molecule has 2 nitrogen and oxygen atoms in total. The number of rotatable bonds is 4. The molecule has 0 radical (unpaired) electrons. The first-order chi connectivity index (χ1) is 5.97. The summed E-state index contributed by atoms with van der Waals surface area (Å²) in [5.74, 6) is 0. The Balaban J connectivity index is 4.35. The minimum atomic E-state index is -0.690. The maximum absolute atomic E-state index is 10.2. The molecule has 0 aliphatic rings. The van der Waals surface area contributed by atoms with E-state index in [0.29, 0.717) is 6.42 Å². The molecule has 0 fully saturated rings. The maximum atomic E-state index is 10.2. The van der Waals surface area contributed by atoms with Gasteiger partial charge in [-0.2, -0.15) is 0 Å². The summed E-state index contributed by atoms with van der Waals surface area (Å²) in [6, 6.07) is 0. The quantitative estimate of drug-likeness (QED) is 0.735. The average Bonchev–Trinajstić information content (AvgIpc) is 1.78. The molecule has 0 saturated carbocycles. The predicted octanol–water partition coefficient (Wildman–Crippen LogP) is 2.58. The summed E-state index contributed by atoms with van der Waals surface area (Å²) in [6.45, 7) is 12.3. The SMILES string of the molecule is CC(C)(C)CC(C)(O)CC(C)(C)CO. The van der Waals surface area contributed by atoms with E-state index in [4.69, 9.17) is 5.11 Å². The first-order valence-corrected chi connectivity index (χ1v) is 5.31. The van der Waals surface area contributed by atoms with Crippen LogP contribution in [0.4, 0.5) is 0 Å². The molecule has 2 N–H and O–H groups in total. The second kappa shape index (κ2) is 4.19. The second-order valence-electron chi connectivity index (χ2n) is 6.73. The van der Waals surface area contributed by atoms with Crippen molar-refractivity contribution in [2.45, 2.75) is 60.0 Å². The standard InChI is InChI=1S/C12H26O2/c1-10(2,3)7-12(6,14)8-11(4,5)9-13/h13-14H,7-9H2,1-6H3. The van der Waals surface area contributed by atoms with Crippen molar-refractivity contribution in [2.75, 3.05) is 6.61 Å². The first kappa shape index (κ1) is 13.9. The monoisotopic (exact) mass is 202 g/mol. The van der Waals surface area contributed by atoms with Crippen molar-refractivity contribution < 1.29 is 10.2 Å². The maximum Gasteiger partial charge on any atom is 0.0630 e. The number of aliphatic hydroxyl groups is 2. The zero-order chi connectivity index (χ0) is 11.6. The van der Waals surface area contributed by atoms with Crippen molar-refractivity contribution in [1.82, 2.24) is 0 Å². The fourth-order valence-corrected chi connectivity index (χ4v) is 2.29. The predicted molar refractivity (Wildman–Crippen MR) is 60.2 cm³/mol. The molecular formula is C12H26O2. The molecule has 0 aliphatic heterocycles. The molecule has 0 heterocycles. The van der Waals surface area contributed by atoms with Crippen molar-refractivity contribution in [1.29, 1.82) is 0 Å². The number of hydrogen-bond donors (Lipinski definition) is 2. The lowest BCUT2D eigenvalue weighted by Gasteiger charge is -2.36. The Kier molecular flexibility index (Phi) is 4.17. The van der Waals surface area contributed by atoms with Gasteiger partial charge in [0.05, 0.1) is 5.60 Å². The van der Waals surface area contributed by atoms with Gasteiger partial charge in [0, 0.05) is 6.61 Å². The fraction of sp³-hybridized carbons (Fsp3) is 1.00. The van der Waals surface area contributed by atoms with E-state index in [1.54, 1.807) is 0 Å². The Morgan fingerprint density at radius 1 is 0.857 bits per heavy atom. The Labute approximate surface area is 88.3 Å². The third kappa shape index (κ3) is 6.39. The third-order valence-electron chi connectivity index (χ3n) is 2.20. The number of hydrogen-bond acceptors (Lipinski definition) is 2. The van der Waals surface area contributed by atoms with E-state index >= 15 is 0 Å². The van der Waals surface area contributed by atoms with Crippen molar-refractivity contribution in [3.8, 4) is 0 Å². The second-order valence-corrected chi connectivity index (χ2v) is 6.73. The first-order valence-electron chi connectivity index (χ1n) is 5.31. The van der Waals surface area contributed by atoms with Gasteiger partial charge in [-0.15, -0.1) is 0 Å². The van der Waals surface area contributed by atoms with Gasteiger partial charge in [0.2, 0.25) is 0 Å². The summed E-state index contributed by atoms with van der Waals surface area (Å²) >= 11 is 0. The molecule has 0 bridgehead atoms. The van der Waals surface area contributed by atoms with Crippen LogP contribution in [0, 0.1) is 10.8 Å². The van der Waals surface area contributed by atoms with E-state index in [9.17, 15) is 5.11 Å². The van der Waals surface area contributed by atoms with Gasteiger partial charge in [-0.25, -0.2) is 0 Å². The summed E-state index contributed by atoms with van der Waals surface area (Å²) in [6.07, 6.45) is 1.39. The Morgan fingerprint density at radius 2 is 1.29 bits per heavy atom. The van der Waals surface area contributed by atoms with Gasteiger partial charge in [0.25, 0.3) is 0 Å².